The van der Waals surface area contributed by atoms with Gasteiger partial charge in [0.2, 0.25) is 6.41 Å². The number of carbonyl (C=O) groups excluding carboxylic acids is 2. The highest BCUT2D eigenvalue weighted by Gasteiger charge is 2.36. The molecule has 3 N–H and O–H groups in total. The third kappa shape index (κ3) is 6.77. The smallest absolute Gasteiger partial charge is 0.411 e. The van der Waals surface area contributed by atoms with Crippen molar-refractivity contribution in [2.45, 2.75) is 38.9 Å². The zero-order valence-electron chi connectivity index (χ0n) is 19.5. The minimum atomic E-state index is -4.78. The Morgan fingerprint density at radius 2 is 1.86 bits per heavy atom. The number of aromatic nitrogens is 3. The summed E-state index contributed by atoms with van der Waals surface area (Å²) in [5.74, 6) is -1.02. The first-order valence-electron chi connectivity index (χ1n) is 10.7. The highest BCUT2D eigenvalue weighted by molar-refractivity contribution is 6.34. The van der Waals surface area contributed by atoms with Gasteiger partial charge in [-0.1, -0.05) is 28.4 Å². The second-order valence-corrected chi connectivity index (χ2v) is 8.96. The summed E-state index contributed by atoms with van der Waals surface area (Å²) in [6, 6.07) is 7.00. The lowest BCUT2D eigenvalue weighted by Crippen LogP contribution is -2.19. The number of benzene rings is 1. The molecule has 0 saturated carbocycles. The van der Waals surface area contributed by atoms with Crippen LogP contribution >= 0.6 is 23.2 Å². The van der Waals surface area contributed by atoms with Gasteiger partial charge in [0, 0.05) is 31.1 Å². The minimum Gasteiger partial charge on any atom is -0.411 e. The standard InChI is InChI=1S/C19H12Cl2F3N5O2.C4H9NO/c20-12-2-1-3-25-17(12)29-15(8-16(27-29)19(22,23)24)18(30)26-14-7-10-5-11(28-31)4-9(10)6-13(14)21;1-4(2)5-3-6/h1-3,6-8,31H,4-5H2,(H,26,30);3-4H,1-2H3,(H,5,6). The zero-order valence-corrected chi connectivity index (χ0v) is 21.0. The van der Waals surface area contributed by atoms with E-state index in [9.17, 15) is 22.8 Å². The molecule has 14 heteroatoms. The van der Waals surface area contributed by atoms with Gasteiger partial charge in [-0.15, -0.1) is 0 Å². The average molecular weight is 557 g/mol. The number of fused-ring (bicyclic) bond motifs is 1. The van der Waals surface area contributed by atoms with Gasteiger partial charge in [-0.3, -0.25) is 9.59 Å². The van der Waals surface area contributed by atoms with Gasteiger partial charge in [0.25, 0.3) is 5.91 Å². The Bertz CT molecular complexity index is 1340. The molecule has 196 valence electrons. The van der Waals surface area contributed by atoms with Gasteiger partial charge in [0.1, 0.15) is 5.69 Å². The molecule has 0 bridgehead atoms. The Morgan fingerprint density at radius 3 is 2.41 bits per heavy atom. The molecule has 9 nitrogen and oxygen atoms in total. The molecule has 0 aliphatic heterocycles. The van der Waals surface area contributed by atoms with Crippen LogP contribution < -0.4 is 10.6 Å². The van der Waals surface area contributed by atoms with Gasteiger partial charge in [0.05, 0.1) is 21.4 Å². The van der Waals surface area contributed by atoms with Gasteiger partial charge in [-0.2, -0.15) is 18.3 Å². The quantitative estimate of drug-likeness (QED) is 0.234. The number of amides is 2. The predicted molar refractivity (Wildman–Crippen MR) is 132 cm³/mol. The molecule has 0 radical (unpaired) electrons. The van der Waals surface area contributed by atoms with Gasteiger partial charge < -0.3 is 15.8 Å². The summed E-state index contributed by atoms with van der Waals surface area (Å²) < 4.78 is 40.5. The van der Waals surface area contributed by atoms with Crippen molar-refractivity contribution in [3.8, 4) is 5.82 Å². The van der Waals surface area contributed by atoms with Crippen LogP contribution in [-0.2, 0) is 23.8 Å². The highest BCUT2D eigenvalue weighted by Crippen LogP contribution is 2.33. The molecule has 37 heavy (non-hydrogen) atoms. The maximum atomic E-state index is 13.3. The number of carbonyl (C=O) groups is 2. The normalized spacial score (nSPS) is 13.7. The van der Waals surface area contributed by atoms with Crippen LogP contribution in [0.4, 0.5) is 18.9 Å². The molecule has 0 fully saturated rings. The van der Waals surface area contributed by atoms with Crippen molar-refractivity contribution in [3.05, 3.63) is 69.1 Å². The Hall–Kier alpha value is -3.64. The summed E-state index contributed by atoms with van der Waals surface area (Å²) in [6.45, 7) is 3.82. The number of nitrogens with zero attached hydrogens (tertiary/aromatic N) is 4. The van der Waals surface area contributed by atoms with Gasteiger partial charge in [-0.05, 0) is 49.2 Å². The van der Waals surface area contributed by atoms with Crippen molar-refractivity contribution in [1.29, 1.82) is 0 Å². The zero-order chi connectivity index (χ0) is 27.3. The van der Waals surface area contributed by atoms with Crippen LogP contribution in [0, 0.1) is 0 Å². The van der Waals surface area contributed by atoms with Crippen LogP contribution in [0.15, 0.2) is 41.7 Å². The largest absolute Gasteiger partial charge is 0.435 e. The molecule has 3 aromatic rings. The number of rotatable bonds is 5. The van der Waals surface area contributed by atoms with E-state index in [1.54, 1.807) is 12.1 Å². The van der Waals surface area contributed by atoms with E-state index < -0.39 is 23.5 Å². The van der Waals surface area contributed by atoms with Crippen LogP contribution in [0.25, 0.3) is 5.82 Å². The summed E-state index contributed by atoms with van der Waals surface area (Å²) >= 11 is 12.3. The summed E-state index contributed by atoms with van der Waals surface area (Å²) in [6.07, 6.45) is -1.99. The summed E-state index contributed by atoms with van der Waals surface area (Å²) in [7, 11) is 0. The lowest BCUT2D eigenvalue weighted by atomic mass is 10.1. The molecule has 0 unspecified atom stereocenters. The number of nitrogens with one attached hydrogen (secondary N) is 2. The summed E-state index contributed by atoms with van der Waals surface area (Å²) in [5.41, 5.74) is 0.640. The second kappa shape index (κ2) is 11.6. The van der Waals surface area contributed by atoms with Crippen molar-refractivity contribution in [1.82, 2.24) is 20.1 Å². The molecule has 2 heterocycles. The maximum Gasteiger partial charge on any atom is 0.435 e. The molecule has 1 aliphatic carbocycles. The topological polar surface area (TPSA) is 122 Å². The van der Waals surface area contributed by atoms with Crippen molar-refractivity contribution in [2.24, 2.45) is 5.16 Å². The van der Waals surface area contributed by atoms with Crippen LogP contribution in [0.5, 0.6) is 0 Å². The summed E-state index contributed by atoms with van der Waals surface area (Å²) in [5, 5.41) is 20.9. The highest BCUT2D eigenvalue weighted by atomic mass is 35.5. The first kappa shape index (κ1) is 27.9. The molecule has 0 atom stereocenters. The first-order valence-corrected chi connectivity index (χ1v) is 11.5. The molecule has 2 amide bonds. The number of pyridine rings is 1. The minimum absolute atomic E-state index is 0.0137. The van der Waals surface area contributed by atoms with Crippen LogP contribution in [-0.4, -0.2) is 44.0 Å². The number of oxime groups is 1. The SMILES string of the molecule is CC(C)NC=O.O=C(Nc1cc2c(cc1Cl)CC(=NO)C2)c1cc(C(F)(F)F)nn1-c1ncccc1Cl. The molecule has 4 rings (SSSR count). The molecular weight excluding hydrogens is 536 g/mol. The molecule has 1 aliphatic rings. The fourth-order valence-electron chi connectivity index (χ4n) is 3.36. The summed E-state index contributed by atoms with van der Waals surface area (Å²) in [4.78, 5) is 26.3. The number of anilines is 1. The molecule has 2 aromatic heterocycles. The van der Waals surface area contributed by atoms with E-state index >= 15 is 0 Å². The number of halogens is 5. The number of hydrogen-bond acceptors (Lipinski definition) is 6. The van der Waals surface area contributed by atoms with E-state index in [4.69, 9.17) is 28.4 Å². The molecule has 0 saturated heterocycles. The Kier molecular flexibility index (Phi) is 8.77. The lowest BCUT2D eigenvalue weighted by molar-refractivity contribution is -0.141. The van der Waals surface area contributed by atoms with Crippen molar-refractivity contribution in [2.75, 3.05) is 5.32 Å². The Morgan fingerprint density at radius 1 is 1.19 bits per heavy atom. The van der Waals surface area contributed by atoms with Crippen molar-refractivity contribution < 1.29 is 28.0 Å². The third-order valence-electron chi connectivity index (χ3n) is 5.04. The molecule has 0 spiro atoms. The van der Waals surface area contributed by atoms with Gasteiger partial charge in [0.15, 0.2) is 11.5 Å². The first-order chi connectivity index (χ1) is 17.4. The second-order valence-electron chi connectivity index (χ2n) is 8.15. The fourth-order valence-corrected chi connectivity index (χ4v) is 3.79. The van der Waals surface area contributed by atoms with E-state index in [0.717, 1.165) is 15.8 Å². The van der Waals surface area contributed by atoms with E-state index in [0.29, 0.717) is 31.0 Å². The maximum absolute atomic E-state index is 13.3. The lowest BCUT2D eigenvalue weighted by Gasteiger charge is -2.11. The van der Waals surface area contributed by atoms with Crippen molar-refractivity contribution in [3.63, 3.8) is 0 Å². The van der Waals surface area contributed by atoms with Crippen LogP contribution in [0.2, 0.25) is 10.0 Å². The molecular formula is C23H21Cl2F3N6O3. The van der Waals surface area contributed by atoms with E-state index in [1.165, 1.54) is 18.3 Å². The average Bonchev–Trinajstić information content (AvgIpc) is 3.44. The van der Waals surface area contributed by atoms with Crippen LogP contribution in [0.1, 0.15) is 41.2 Å². The predicted octanol–water partition coefficient (Wildman–Crippen LogP) is 4.91. The van der Waals surface area contributed by atoms with Crippen LogP contribution in [0.3, 0.4) is 0 Å². The number of hydrogen-bond donors (Lipinski definition) is 3. The Labute approximate surface area is 219 Å². The monoisotopic (exact) mass is 556 g/mol. The van der Waals surface area contributed by atoms with Gasteiger partial charge in [-0.25, -0.2) is 9.67 Å². The van der Waals surface area contributed by atoms with E-state index in [-0.39, 0.29) is 27.6 Å². The molecule has 1 aromatic carbocycles. The third-order valence-corrected chi connectivity index (χ3v) is 5.65. The Balaban J connectivity index is 0.000000568. The number of alkyl halides is 3. The van der Waals surface area contributed by atoms with Crippen molar-refractivity contribution >= 4 is 46.9 Å². The van der Waals surface area contributed by atoms with E-state index in [2.05, 4.69) is 25.9 Å². The van der Waals surface area contributed by atoms with E-state index in [1.807, 2.05) is 13.8 Å². The van der Waals surface area contributed by atoms with Gasteiger partial charge >= 0.3 is 6.18 Å². The fraction of sp³-hybridized carbons (Fsp3) is 0.261.